The van der Waals surface area contributed by atoms with Crippen LogP contribution in [0.3, 0.4) is 0 Å². The molecule has 1 aromatic carbocycles. The van der Waals surface area contributed by atoms with Crippen molar-refractivity contribution < 1.29 is 52.7 Å². The molecule has 1 saturated heterocycles. The van der Waals surface area contributed by atoms with Gasteiger partial charge in [-0.15, -0.1) is 0 Å². The summed E-state index contributed by atoms with van der Waals surface area (Å²) in [5.41, 5.74) is -0.939. The number of nitrogens with zero attached hydrogens (tertiary/aromatic N) is 1. The van der Waals surface area contributed by atoms with E-state index in [1.54, 1.807) is 34.0 Å². The third-order valence-electron chi connectivity index (χ3n) is 8.74. The Morgan fingerprint density at radius 3 is 2.53 bits per heavy atom. The fourth-order valence-corrected chi connectivity index (χ4v) is 6.99. The van der Waals surface area contributed by atoms with E-state index in [9.17, 15) is 24.3 Å². The Labute approximate surface area is 250 Å². The lowest BCUT2D eigenvalue weighted by molar-refractivity contribution is -0.182. The number of likely N-dealkylation sites (tertiary alicyclic amines) is 1. The summed E-state index contributed by atoms with van der Waals surface area (Å²) in [4.78, 5) is 52.2. The molecule has 0 aromatic heterocycles. The number of rotatable bonds is 8. The molecule has 2 heterocycles. The van der Waals surface area contributed by atoms with Gasteiger partial charge in [0, 0.05) is 24.9 Å². The predicted molar refractivity (Wildman–Crippen MR) is 149 cm³/mol. The van der Waals surface area contributed by atoms with Gasteiger partial charge in [0.1, 0.15) is 11.4 Å². The van der Waals surface area contributed by atoms with E-state index in [-0.39, 0.29) is 18.2 Å². The van der Waals surface area contributed by atoms with Gasteiger partial charge in [0.15, 0.2) is 23.7 Å². The molecule has 2 bridgehead atoms. The molecule has 2 aliphatic heterocycles. The number of methoxy groups -OCH3 is 1. The molecule has 0 saturated carbocycles. The van der Waals surface area contributed by atoms with Crippen LogP contribution in [-0.2, 0) is 50.0 Å². The molecule has 5 rings (SSSR count). The van der Waals surface area contributed by atoms with Crippen LogP contribution in [0.1, 0.15) is 65.0 Å². The second-order valence-corrected chi connectivity index (χ2v) is 12.7. The number of likely N-dealkylation sites (N-methyl/N-ethyl adjacent to an activating group) is 1. The number of piperidine rings is 1. The van der Waals surface area contributed by atoms with Gasteiger partial charge in [-0.2, -0.15) is 0 Å². The summed E-state index contributed by atoms with van der Waals surface area (Å²) in [5, 5.41) is 12.3. The van der Waals surface area contributed by atoms with Gasteiger partial charge in [-0.3, -0.25) is 9.59 Å². The molecule has 234 valence electrons. The highest BCUT2D eigenvalue weighted by Gasteiger charge is 2.72. The van der Waals surface area contributed by atoms with Crippen LogP contribution in [0, 0.1) is 0 Å². The van der Waals surface area contributed by atoms with E-state index in [0.29, 0.717) is 30.9 Å². The SMILES string of the molecule is COc1ccc2c3c1O[C@H]1C(OC(=O)[C@H](C)OC(=O)[C@H](CC(=O)OC(C)(C)C)OC(C)=O)=CC[C@@]4(O)[C@@H](C2)N(C)CC[C@]314. The van der Waals surface area contributed by atoms with E-state index >= 15 is 0 Å². The van der Waals surface area contributed by atoms with Crippen molar-refractivity contribution in [2.45, 2.75) is 101 Å². The molecular formula is C31H39NO11. The zero-order chi connectivity index (χ0) is 31.5. The Balaban J connectivity index is 1.36. The Hall–Kier alpha value is -3.64. The molecule has 0 amide bonds. The fraction of sp³-hybridized carbons (Fsp3) is 0.613. The summed E-state index contributed by atoms with van der Waals surface area (Å²) >= 11 is 0. The normalized spacial score (nSPS) is 28.3. The minimum Gasteiger partial charge on any atom is -0.493 e. The van der Waals surface area contributed by atoms with Crippen LogP contribution < -0.4 is 9.47 Å². The van der Waals surface area contributed by atoms with Crippen LogP contribution >= 0.6 is 0 Å². The van der Waals surface area contributed by atoms with Crippen molar-refractivity contribution in [3.05, 3.63) is 35.1 Å². The minimum absolute atomic E-state index is 0.171. The first-order valence-electron chi connectivity index (χ1n) is 14.4. The van der Waals surface area contributed by atoms with Gasteiger partial charge in [-0.25, -0.2) is 9.59 Å². The number of esters is 4. The number of benzene rings is 1. The summed E-state index contributed by atoms with van der Waals surface area (Å²) in [7, 11) is 3.54. The maximum atomic E-state index is 13.3. The Bertz CT molecular complexity index is 1380. The van der Waals surface area contributed by atoms with Crippen LogP contribution in [0.2, 0.25) is 0 Å². The molecule has 1 spiro atoms. The van der Waals surface area contributed by atoms with Gasteiger partial charge in [0.05, 0.1) is 24.5 Å². The molecule has 4 aliphatic rings. The second kappa shape index (κ2) is 10.8. The first kappa shape index (κ1) is 30.8. The van der Waals surface area contributed by atoms with Gasteiger partial charge in [-0.05, 0) is 71.8 Å². The molecule has 12 heteroatoms. The van der Waals surface area contributed by atoms with Crippen molar-refractivity contribution in [2.75, 3.05) is 20.7 Å². The number of ether oxygens (including phenoxy) is 6. The van der Waals surface area contributed by atoms with Crippen molar-refractivity contribution in [2.24, 2.45) is 0 Å². The second-order valence-electron chi connectivity index (χ2n) is 12.7. The van der Waals surface area contributed by atoms with E-state index in [0.717, 1.165) is 18.1 Å². The van der Waals surface area contributed by atoms with Gasteiger partial charge in [0.25, 0.3) is 0 Å². The van der Waals surface area contributed by atoms with Crippen molar-refractivity contribution >= 4 is 23.9 Å². The van der Waals surface area contributed by atoms with Crippen LogP contribution in [0.15, 0.2) is 24.0 Å². The lowest BCUT2D eigenvalue weighted by Crippen LogP contribution is -2.74. The van der Waals surface area contributed by atoms with Crippen LogP contribution in [-0.4, -0.2) is 90.1 Å². The maximum absolute atomic E-state index is 13.3. The van der Waals surface area contributed by atoms with Crippen molar-refractivity contribution in [1.29, 1.82) is 0 Å². The quantitative estimate of drug-likeness (QED) is 0.344. The largest absolute Gasteiger partial charge is 0.493 e. The van der Waals surface area contributed by atoms with Gasteiger partial charge in [0.2, 0.25) is 6.10 Å². The number of hydrogen-bond acceptors (Lipinski definition) is 12. The third-order valence-corrected chi connectivity index (χ3v) is 8.74. The molecule has 0 unspecified atom stereocenters. The number of carbonyl (C=O) groups excluding carboxylic acids is 4. The third kappa shape index (κ3) is 5.14. The smallest absolute Gasteiger partial charge is 0.352 e. The topological polar surface area (TPSA) is 147 Å². The zero-order valence-corrected chi connectivity index (χ0v) is 25.6. The predicted octanol–water partition coefficient (Wildman–Crippen LogP) is 2.11. The van der Waals surface area contributed by atoms with E-state index in [1.165, 1.54) is 6.92 Å². The number of hydrogen-bond donors (Lipinski definition) is 1. The molecule has 12 nitrogen and oxygen atoms in total. The van der Waals surface area contributed by atoms with E-state index in [1.807, 2.05) is 19.2 Å². The standard InChI is InChI=1S/C31H39NO11/c1-16(39-28(36)21(40-17(2)33)15-23(34)43-29(3,4)5)27(35)41-20-10-11-31(37)22-14-18-8-9-19(38-7)25-24(18)30(31,26(20)42-25)12-13-32(22)6/h8-10,16,21-22,26,37H,11-15H2,1-7H3/t16-,21-,22+,26-,30-,31+/m0/s1. The molecule has 0 radical (unpaired) electrons. The molecule has 1 fully saturated rings. The number of aliphatic hydroxyl groups is 1. The lowest BCUT2D eigenvalue weighted by Gasteiger charge is -2.61. The average Bonchev–Trinajstić information content (AvgIpc) is 3.26. The first-order valence-corrected chi connectivity index (χ1v) is 14.4. The maximum Gasteiger partial charge on any atom is 0.352 e. The molecular weight excluding hydrogens is 562 g/mol. The number of carbonyl (C=O) groups is 4. The summed E-state index contributed by atoms with van der Waals surface area (Å²) in [6.45, 7) is 8.07. The van der Waals surface area contributed by atoms with E-state index in [2.05, 4.69) is 4.90 Å². The molecule has 6 atom stereocenters. The Morgan fingerprint density at radius 2 is 1.88 bits per heavy atom. The summed E-state index contributed by atoms with van der Waals surface area (Å²) in [6, 6.07) is 3.67. The van der Waals surface area contributed by atoms with Crippen molar-refractivity contribution in [3.8, 4) is 11.5 Å². The average molecular weight is 602 g/mol. The summed E-state index contributed by atoms with van der Waals surface area (Å²) < 4.78 is 33.4. The minimum atomic E-state index is -1.61. The highest BCUT2D eigenvalue weighted by Crippen LogP contribution is 2.65. The summed E-state index contributed by atoms with van der Waals surface area (Å²) in [6.07, 6.45) is -1.36. The highest BCUT2D eigenvalue weighted by atomic mass is 16.6. The Kier molecular flexibility index (Phi) is 7.75. The fourth-order valence-electron chi connectivity index (χ4n) is 6.99. The van der Waals surface area contributed by atoms with Crippen LogP contribution in [0.25, 0.3) is 0 Å². The van der Waals surface area contributed by atoms with Crippen LogP contribution in [0.4, 0.5) is 0 Å². The molecule has 2 aliphatic carbocycles. The van der Waals surface area contributed by atoms with Gasteiger partial charge >= 0.3 is 23.9 Å². The molecule has 1 aromatic rings. The van der Waals surface area contributed by atoms with Crippen molar-refractivity contribution in [3.63, 3.8) is 0 Å². The van der Waals surface area contributed by atoms with Gasteiger partial charge in [-0.1, -0.05) is 6.07 Å². The monoisotopic (exact) mass is 601 g/mol. The van der Waals surface area contributed by atoms with Gasteiger partial charge < -0.3 is 38.4 Å². The van der Waals surface area contributed by atoms with Crippen LogP contribution in [0.5, 0.6) is 11.5 Å². The first-order chi connectivity index (χ1) is 20.1. The molecule has 1 N–H and O–H groups in total. The van der Waals surface area contributed by atoms with Crippen molar-refractivity contribution in [1.82, 2.24) is 4.90 Å². The van der Waals surface area contributed by atoms with E-state index in [4.69, 9.17) is 28.4 Å². The summed E-state index contributed by atoms with van der Waals surface area (Å²) in [5.74, 6) is -2.32. The molecule has 43 heavy (non-hydrogen) atoms. The lowest BCUT2D eigenvalue weighted by atomic mass is 9.50. The zero-order valence-electron chi connectivity index (χ0n) is 25.6. The van der Waals surface area contributed by atoms with E-state index < -0.39 is 65.2 Å². The highest BCUT2D eigenvalue weighted by molar-refractivity contribution is 5.86. The Morgan fingerprint density at radius 1 is 1.16 bits per heavy atom.